The number of pyridine rings is 1. The third kappa shape index (κ3) is 5.33. The number of carboxylic acid groups (broad SMARTS) is 1. The van der Waals surface area contributed by atoms with Crippen molar-refractivity contribution < 1.29 is 9.90 Å². The van der Waals surface area contributed by atoms with E-state index in [4.69, 9.17) is 5.11 Å². The Morgan fingerprint density at radius 1 is 1.41 bits per heavy atom. The van der Waals surface area contributed by atoms with Crippen LogP contribution in [-0.2, 0) is 4.79 Å². The number of hydrogen-bond acceptors (Lipinski definition) is 3. The number of nitrogens with one attached hydrogen (secondary N) is 1. The summed E-state index contributed by atoms with van der Waals surface area (Å²) in [4.78, 5) is 15.0. The second kappa shape index (κ2) is 5.66. The van der Waals surface area contributed by atoms with Gasteiger partial charge in [-0.3, -0.25) is 4.98 Å². The summed E-state index contributed by atoms with van der Waals surface area (Å²) in [5.74, 6) is -0.814. The molecule has 4 heteroatoms. The van der Waals surface area contributed by atoms with Crippen LogP contribution in [0, 0.1) is 5.41 Å². The van der Waals surface area contributed by atoms with Crippen LogP contribution in [0.15, 0.2) is 24.5 Å². The summed E-state index contributed by atoms with van der Waals surface area (Å²) in [5.41, 5.74) is 0.939. The largest absolute Gasteiger partial charge is 0.480 e. The molecule has 1 heterocycles. The molecule has 1 aromatic heterocycles. The van der Waals surface area contributed by atoms with E-state index in [2.05, 4.69) is 31.1 Å². The number of aromatic nitrogens is 1. The summed E-state index contributed by atoms with van der Waals surface area (Å²) < 4.78 is 0. The Hall–Kier alpha value is -1.58. The highest BCUT2D eigenvalue weighted by molar-refractivity contribution is 5.77. The summed E-state index contributed by atoms with van der Waals surface area (Å²) >= 11 is 0. The van der Waals surface area contributed by atoms with E-state index in [1.165, 1.54) is 0 Å². The number of anilines is 1. The minimum atomic E-state index is -0.814. The first-order valence-corrected chi connectivity index (χ1v) is 5.78. The zero-order valence-corrected chi connectivity index (χ0v) is 10.6. The fraction of sp³-hybridized carbons (Fsp3) is 0.538. The van der Waals surface area contributed by atoms with Gasteiger partial charge >= 0.3 is 5.97 Å². The van der Waals surface area contributed by atoms with Gasteiger partial charge in [-0.2, -0.15) is 0 Å². The molecule has 0 aliphatic rings. The second-order valence-corrected chi connectivity index (χ2v) is 5.37. The van der Waals surface area contributed by atoms with Crippen LogP contribution in [0.2, 0.25) is 0 Å². The van der Waals surface area contributed by atoms with Crippen molar-refractivity contribution in [3.63, 3.8) is 0 Å². The predicted octanol–water partition coefficient (Wildman–Crippen LogP) is 2.77. The van der Waals surface area contributed by atoms with E-state index in [-0.39, 0.29) is 5.41 Å². The summed E-state index contributed by atoms with van der Waals surface area (Å²) in [7, 11) is 0. The zero-order chi connectivity index (χ0) is 12.9. The first kappa shape index (κ1) is 13.5. The highest BCUT2D eigenvalue weighted by Gasteiger charge is 2.20. The molecule has 0 unspecified atom stereocenters. The quantitative estimate of drug-likeness (QED) is 0.825. The van der Waals surface area contributed by atoms with Gasteiger partial charge in [0, 0.05) is 18.1 Å². The summed E-state index contributed by atoms with van der Waals surface area (Å²) in [5, 5.41) is 12.2. The summed E-state index contributed by atoms with van der Waals surface area (Å²) in [6.45, 7) is 6.33. The standard InChI is InChI=1S/C13H20N2O2/c1-13(2,3)7-4-11(12(16)17)15-10-5-8-14-9-6-10/h5-6,8-9,11H,4,7H2,1-3H3,(H,14,15)(H,16,17)/t11-/m0/s1. The molecular weight excluding hydrogens is 216 g/mol. The van der Waals surface area contributed by atoms with Gasteiger partial charge in [-0.25, -0.2) is 4.79 Å². The van der Waals surface area contributed by atoms with Gasteiger partial charge in [0.25, 0.3) is 0 Å². The van der Waals surface area contributed by atoms with Gasteiger partial charge in [0.05, 0.1) is 0 Å². The number of hydrogen-bond donors (Lipinski definition) is 2. The van der Waals surface area contributed by atoms with Crippen molar-refractivity contribution in [1.82, 2.24) is 4.98 Å². The van der Waals surface area contributed by atoms with Gasteiger partial charge in [0.15, 0.2) is 0 Å². The lowest BCUT2D eigenvalue weighted by Gasteiger charge is -2.22. The van der Waals surface area contributed by atoms with Gasteiger partial charge in [-0.05, 0) is 30.4 Å². The molecule has 17 heavy (non-hydrogen) atoms. The predicted molar refractivity (Wildman–Crippen MR) is 68.0 cm³/mol. The summed E-state index contributed by atoms with van der Waals surface area (Å²) in [6.07, 6.45) is 4.76. The smallest absolute Gasteiger partial charge is 0.326 e. The number of nitrogens with zero attached hydrogens (tertiary/aromatic N) is 1. The van der Waals surface area contributed by atoms with E-state index < -0.39 is 12.0 Å². The molecule has 0 spiro atoms. The first-order valence-electron chi connectivity index (χ1n) is 5.78. The van der Waals surface area contributed by atoms with Crippen LogP contribution in [0.25, 0.3) is 0 Å². The fourth-order valence-corrected chi connectivity index (χ4v) is 1.48. The monoisotopic (exact) mass is 236 g/mol. The minimum Gasteiger partial charge on any atom is -0.480 e. The molecule has 2 N–H and O–H groups in total. The second-order valence-electron chi connectivity index (χ2n) is 5.37. The third-order valence-electron chi connectivity index (χ3n) is 2.50. The van der Waals surface area contributed by atoms with Crippen LogP contribution in [0.1, 0.15) is 33.6 Å². The minimum absolute atomic E-state index is 0.146. The van der Waals surface area contributed by atoms with E-state index >= 15 is 0 Å². The van der Waals surface area contributed by atoms with Crippen LogP contribution in [-0.4, -0.2) is 22.1 Å². The maximum absolute atomic E-state index is 11.1. The molecule has 0 fully saturated rings. The van der Waals surface area contributed by atoms with Crippen molar-refractivity contribution in [2.24, 2.45) is 5.41 Å². The summed E-state index contributed by atoms with van der Waals surface area (Å²) in [6, 6.07) is 3.00. The number of rotatable bonds is 5. The average Bonchev–Trinajstić information content (AvgIpc) is 2.24. The van der Waals surface area contributed by atoms with E-state index in [1.54, 1.807) is 24.5 Å². The van der Waals surface area contributed by atoms with Crippen molar-refractivity contribution in [3.8, 4) is 0 Å². The Bertz CT molecular complexity index is 357. The van der Waals surface area contributed by atoms with Crippen LogP contribution in [0.3, 0.4) is 0 Å². The van der Waals surface area contributed by atoms with Gasteiger partial charge in [-0.1, -0.05) is 20.8 Å². The molecule has 0 amide bonds. The molecule has 0 aliphatic carbocycles. The van der Waals surface area contributed by atoms with Crippen LogP contribution in [0.4, 0.5) is 5.69 Å². The molecule has 0 bridgehead atoms. The molecule has 0 saturated carbocycles. The SMILES string of the molecule is CC(C)(C)CC[C@H](Nc1ccncc1)C(=O)O. The zero-order valence-electron chi connectivity index (χ0n) is 10.6. The van der Waals surface area contributed by atoms with Crippen LogP contribution >= 0.6 is 0 Å². The van der Waals surface area contributed by atoms with Crippen LogP contribution < -0.4 is 5.32 Å². The lowest BCUT2D eigenvalue weighted by atomic mass is 9.88. The molecule has 1 aromatic rings. The Balaban J connectivity index is 2.59. The Morgan fingerprint density at radius 3 is 2.47 bits per heavy atom. The third-order valence-corrected chi connectivity index (χ3v) is 2.50. The molecular formula is C13H20N2O2. The van der Waals surface area contributed by atoms with Crippen molar-refractivity contribution in [3.05, 3.63) is 24.5 Å². The average molecular weight is 236 g/mol. The molecule has 1 rings (SSSR count). The van der Waals surface area contributed by atoms with E-state index in [1.807, 2.05) is 0 Å². The van der Waals surface area contributed by atoms with Crippen molar-refractivity contribution in [2.45, 2.75) is 39.7 Å². The van der Waals surface area contributed by atoms with Gasteiger partial charge in [0.2, 0.25) is 0 Å². The molecule has 0 radical (unpaired) electrons. The maximum atomic E-state index is 11.1. The van der Waals surface area contributed by atoms with Crippen molar-refractivity contribution in [1.29, 1.82) is 0 Å². The number of carboxylic acids is 1. The molecule has 1 atom stereocenters. The number of aliphatic carboxylic acids is 1. The highest BCUT2D eigenvalue weighted by atomic mass is 16.4. The number of carbonyl (C=O) groups is 1. The topological polar surface area (TPSA) is 62.2 Å². The Labute approximate surface area is 102 Å². The van der Waals surface area contributed by atoms with E-state index in [9.17, 15) is 4.79 Å². The van der Waals surface area contributed by atoms with Gasteiger partial charge < -0.3 is 10.4 Å². The normalized spacial score (nSPS) is 13.1. The van der Waals surface area contributed by atoms with E-state index in [0.29, 0.717) is 6.42 Å². The molecule has 94 valence electrons. The fourth-order valence-electron chi connectivity index (χ4n) is 1.48. The first-order chi connectivity index (χ1) is 7.88. The maximum Gasteiger partial charge on any atom is 0.326 e. The van der Waals surface area contributed by atoms with Crippen molar-refractivity contribution >= 4 is 11.7 Å². The molecule has 4 nitrogen and oxygen atoms in total. The lowest BCUT2D eigenvalue weighted by molar-refractivity contribution is -0.138. The molecule has 0 aliphatic heterocycles. The Kier molecular flexibility index (Phi) is 4.49. The molecule has 0 aromatic carbocycles. The van der Waals surface area contributed by atoms with Crippen molar-refractivity contribution in [2.75, 3.05) is 5.32 Å². The highest BCUT2D eigenvalue weighted by Crippen LogP contribution is 2.22. The van der Waals surface area contributed by atoms with E-state index in [0.717, 1.165) is 12.1 Å². The van der Waals surface area contributed by atoms with Gasteiger partial charge in [0.1, 0.15) is 6.04 Å². The Morgan fingerprint density at radius 2 is 2.00 bits per heavy atom. The van der Waals surface area contributed by atoms with Gasteiger partial charge in [-0.15, -0.1) is 0 Å². The lowest BCUT2D eigenvalue weighted by Crippen LogP contribution is -2.30. The molecule has 0 saturated heterocycles. The van der Waals surface area contributed by atoms with Crippen LogP contribution in [0.5, 0.6) is 0 Å².